The Bertz CT molecular complexity index is 1710. The van der Waals surface area contributed by atoms with Crippen molar-refractivity contribution in [2.45, 2.75) is 13.8 Å². The van der Waals surface area contributed by atoms with E-state index < -0.39 is 11.2 Å². The molecule has 0 aliphatic rings. The van der Waals surface area contributed by atoms with Gasteiger partial charge in [0.2, 0.25) is 5.78 Å². The van der Waals surface area contributed by atoms with Crippen LogP contribution < -0.4 is 16.1 Å². The average Bonchev–Trinajstić information content (AvgIpc) is 3.39. The molecule has 0 spiro atoms. The predicted molar refractivity (Wildman–Crippen MR) is 142 cm³/mol. The number of anilines is 1. The van der Waals surface area contributed by atoms with Gasteiger partial charge in [-0.2, -0.15) is 4.98 Å². The third kappa shape index (κ3) is 3.56. The van der Waals surface area contributed by atoms with E-state index in [-0.39, 0.29) is 0 Å². The van der Waals surface area contributed by atoms with Crippen molar-refractivity contribution >= 4 is 45.8 Å². The Morgan fingerprint density at radius 1 is 0.943 bits per heavy atom. The molecule has 3 aromatic heterocycles. The summed E-state index contributed by atoms with van der Waals surface area (Å²) in [7, 11) is 3.07. The summed E-state index contributed by atoms with van der Waals surface area (Å²) in [6, 6.07) is 13.4. The van der Waals surface area contributed by atoms with E-state index in [2.05, 4.69) is 30.9 Å². The second-order valence-corrected chi connectivity index (χ2v) is 9.17. The van der Waals surface area contributed by atoms with Crippen LogP contribution in [0.5, 0.6) is 0 Å². The summed E-state index contributed by atoms with van der Waals surface area (Å²) in [5.74, 6) is 0.495. The number of hydrogen-bond donors (Lipinski definition) is 0. The molecule has 5 rings (SSSR count). The molecule has 5 aromatic rings. The maximum absolute atomic E-state index is 13.1. The number of aryl methyl sites for hydroxylation is 1. The lowest BCUT2D eigenvalue weighted by molar-refractivity contribution is 0.708. The molecule has 0 fully saturated rings. The molecular weight excluding hydrogens is 487 g/mol. The van der Waals surface area contributed by atoms with Crippen LogP contribution in [0.2, 0.25) is 10.0 Å². The van der Waals surface area contributed by atoms with E-state index >= 15 is 0 Å². The van der Waals surface area contributed by atoms with Crippen molar-refractivity contribution < 1.29 is 0 Å². The van der Waals surface area contributed by atoms with Gasteiger partial charge in [-0.25, -0.2) is 4.79 Å². The van der Waals surface area contributed by atoms with Crippen LogP contribution in [0.3, 0.4) is 0 Å². The molecule has 3 heterocycles. The van der Waals surface area contributed by atoms with Crippen molar-refractivity contribution in [2.24, 2.45) is 14.1 Å². The summed E-state index contributed by atoms with van der Waals surface area (Å²) in [5, 5.41) is 1.00. The van der Waals surface area contributed by atoms with Gasteiger partial charge in [0.15, 0.2) is 11.2 Å². The minimum atomic E-state index is -0.431. The summed E-state index contributed by atoms with van der Waals surface area (Å²) in [5.41, 5.74) is 3.21. The number of nitrogens with zero attached hydrogens (tertiary/aromatic N) is 6. The first-order valence-corrected chi connectivity index (χ1v) is 12.0. The largest absolute Gasteiger partial charge is 0.372 e. The fourth-order valence-corrected chi connectivity index (χ4v) is 5.02. The Hall–Kier alpha value is -3.49. The highest BCUT2D eigenvalue weighted by Gasteiger charge is 2.22. The highest BCUT2D eigenvalue weighted by molar-refractivity contribution is 6.36. The van der Waals surface area contributed by atoms with Gasteiger partial charge in [-0.1, -0.05) is 23.2 Å². The molecule has 0 atom stereocenters. The molecule has 0 N–H and O–H groups in total. The summed E-state index contributed by atoms with van der Waals surface area (Å²) in [6.45, 7) is 6.04. The van der Waals surface area contributed by atoms with Gasteiger partial charge in [0.1, 0.15) is 0 Å². The third-order valence-electron chi connectivity index (χ3n) is 6.41. The molecule has 180 valence electrons. The molecule has 0 saturated heterocycles. The van der Waals surface area contributed by atoms with Crippen LogP contribution in [-0.4, -0.2) is 36.2 Å². The monoisotopic (exact) mass is 510 g/mol. The smallest absolute Gasteiger partial charge is 0.332 e. The Labute approximate surface area is 211 Å². The molecule has 0 amide bonds. The summed E-state index contributed by atoms with van der Waals surface area (Å²) in [6.07, 6.45) is 1.82. The highest BCUT2D eigenvalue weighted by Crippen LogP contribution is 2.35. The van der Waals surface area contributed by atoms with Crippen LogP contribution in [0.25, 0.3) is 33.9 Å². The minimum Gasteiger partial charge on any atom is -0.372 e. The van der Waals surface area contributed by atoms with Gasteiger partial charge in [0.25, 0.3) is 5.56 Å². The van der Waals surface area contributed by atoms with E-state index in [9.17, 15) is 9.59 Å². The Morgan fingerprint density at radius 2 is 1.63 bits per heavy atom. The molecule has 0 radical (unpaired) electrons. The Kier molecular flexibility index (Phi) is 5.73. The lowest BCUT2D eigenvalue weighted by atomic mass is 10.1. The Balaban J connectivity index is 1.86. The van der Waals surface area contributed by atoms with Gasteiger partial charge in [0.05, 0.1) is 10.7 Å². The molecule has 0 unspecified atom stereocenters. The first-order chi connectivity index (χ1) is 16.8. The highest BCUT2D eigenvalue weighted by atomic mass is 35.5. The van der Waals surface area contributed by atoms with Crippen molar-refractivity contribution in [3.05, 3.63) is 79.5 Å². The van der Waals surface area contributed by atoms with Gasteiger partial charge in [-0.05, 0) is 56.3 Å². The zero-order valence-electron chi connectivity index (χ0n) is 19.8. The quantitative estimate of drug-likeness (QED) is 0.349. The van der Waals surface area contributed by atoms with Crippen LogP contribution in [0.1, 0.15) is 13.8 Å². The fraction of sp³-hybridized carbons (Fsp3) is 0.240. The number of fused-ring (bicyclic) bond motifs is 3. The van der Waals surface area contributed by atoms with Crippen molar-refractivity contribution in [1.82, 2.24) is 23.1 Å². The fourth-order valence-electron chi connectivity index (χ4n) is 4.51. The summed E-state index contributed by atoms with van der Waals surface area (Å²) in [4.78, 5) is 32.6. The summed E-state index contributed by atoms with van der Waals surface area (Å²) >= 11 is 12.7. The number of rotatable bonds is 5. The molecule has 0 aliphatic heterocycles. The van der Waals surface area contributed by atoms with E-state index in [0.717, 1.165) is 40.3 Å². The first-order valence-electron chi connectivity index (χ1n) is 11.3. The average molecular weight is 511 g/mol. The number of hydrogen-bond acceptors (Lipinski definition) is 4. The van der Waals surface area contributed by atoms with E-state index in [1.54, 1.807) is 23.6 Å². The van der Waals surface area contributed by atoms with E-state index in [0.29, 0.717) is 27.0 Å². The molecule has 0 bridgehead atoms. The van der Waals surface area contributed by atoms with Gasteiger partial charge < -0.3 is 4.90 Å². The van der Waals surface area contributed by atoms with Crippen LogP contribution in [0, 0.1) is 0 Å². The maximum atomic E-state index is 13.1. The topological polar surface area (TPSA) is 69.5 Å². The molecule has 2 aromatic carbocycles. The van der Waals surface area contributed by atoms with Gasteiger partial charge in [0, 0.05) is 55.3 Å². The minimum absolute atomic E-state index is 0.314. The standard InChI is InChI=1S/C25H24Cl2N6O2/c1-5-31(6-2)16-8-10-17(11-9-16)33-20(18-12-7-15(26)13-19(18)27)14-32-21-22(28-24(32)33)29(3)25(35)30(4)23(21)34/h7-14H,5-6H2,1-4H3. The molecule has 0 saturated carbocycles. The zero-order valence-corrected chi connectivity index (χ0v) is 21.3. The Morgan fingerprint density at radius 3 is 2.26 bits per heavy atom. The lowest BCUT2D eigenvalue weighted by Crippen LogP contribution is -2.37. The molecule has 35 heavy (non-hydrogen) atoms. The van der Waals surface area contributed by atoms with Crippen LogP contribution in [-0.2, 0) is 14.1 Å². The van der Waals surface area contributed by atoms with Crippen molar-refractivity contribution in [1.29, 1.82) is 0 Å². The van der Waals surface area contributed by atoms with E-state index in [1.165, 1.54) is 11.6 Å². The first kappa shape index (κ1) is 23.3. The second kappa shape index (κ2) is 8.62. The number of halogens is 2. The molecule has 8 nitrogen and oxygen atoms in total. The van der Waals surface area contributed by atoms with Crippen molar-refractivity contribution in [3.63, 3.8) is 0 Å². The summed E-state index contributed by atoms with van der Waals surface area (Å²) < 4.78 is 6.12. The van der Waals surface area contributed by atoms with Crippen molar-refractivity contribution in [2.75, 3.05) is 18.0 Å². The van der Waals surface area contributed by atoms with E-state index in [4.69, 9.17) is 28.2 Å². The predicted octanol–water partition coefficient (Wildman–Crippen LogP) is 4.50. The maximum Gasteiger partial charge on any atom is 0.332 e. The molecular formula is C25H24Cl2N6O2. The van der Waals surface area contributed by atoms with Gasteiger partial charge >= 0.3 is 5.69 Å². The second-order valence-electron chi connectivity index (χ2n) is 8.32. The number of imidazole rings is 2. The lowest BCUT2D eigenvalue weighted by Gasteiger charge is -2.21. The zero-order chi connectivity index (χ0) is 25.0. The van der Waals surface area contributed by atoms with E-state index in [1.807, 2.05) is 29.0 Å². The van der Waals surface area contributed by atoms with Crippen LogP contribution in [0.4, 0.5) is 5.69 Å². The van der Waals surface area contributed by atoms with Gasteiger partial charge in [-0.3, -0.25) is 22.9 Å². The normalized spacial score (nSPS) is 11.6. The van der Waals surface area contributed by atoms with Crippen molar-refractivity contribution in [3.8, 4) is 16.9 Å². The molecule has 0 aliphatic carbocycles. The molecule has 10 heteroatoms. The number of benzene rings is 2. The number of aromatic nitrogens is 5. The van der Waals surface area contributed by atoms with Crippen LogP contribution >= 0.6 is 23.2 Å². The SMILES string of the molecule is CCN(CC)c1ccc(-n2c(-c3ccc(Cl)cc3Cl)cn3c4c(=O)n(C)c(=O)n(C)c4nc23)cc1. The van der Waals surface area contributed by atoms with Gasteiger partial charge in [-0.15, -0.1) is 0 Å². The van der Waals surface area contributed by atoms with Crippen LogP contribution in [0.15, 0.2) is 58.3 Å². The third-order valence-corrected chi connectivity index (χ3v) is 6.96.